The van der Waals surface area contributed by atoms with E-state index in [2.05, 4.69) is 53.6 Å². The summed E-state index contributed by atoms with van der Waals surface area (Å²) in [6.07, 6.45) is 6.35. The summed E-state index contributed by atoms with van der Waals surface area (Å²) in [5.41, 5.74) is 4.18. The summed E-state index contributed by atoms with van der Waals surface area (Å²) < 4.78 is 0. The number of aromatic amines is 1. The molecule has 2 N–H and O–H groups in total. The molecule has 3 nitrogen and oxygen atoms in total. The van der Waals surface area contributed by atoms with Crippen molar-refractivity contribution in [2.45, 2.75) is 44.7 Å². The number of nitrogens with zero attached hydrogens (tertiary/aromatic N) is 1. The van der Waals surface area contributed by atoms with Crippen molar-refractivity contribution < 1.29 is 0 Å². The Bertz CT molecular complexity index is 527. The molecule has 2 aromatic rings. The zero-order valence-corrected chi connectivity index (χ0v) is 11.6. The van der Waals surface area contributed by atoms with E-state index in [1.165, 1.54) is 29.5 Å². The predicted molar refractivity (Wildman–Crippen MR) is 77.1 cm³/mol. The Morgan fingerprint density at radius 1 is 1.32 bits per heavy atom. The van der Waals surface area contributed by atoms with E-state index in [-0.39, 0.29) is 0 Å². The number of hydrogen-bond donors (Lipinski definition) is 2. The van der Waals surface area contributed by atoms with Crippen molar-refractivity contribution in [1.29, 1.82) is 0 Å². The highest BCUT2D eigenvalue weighted by Crippen LogP contribution is 2.39. The molecule has 1 aliphatic rings. The van der Waals surface area contributed by atoms with Crippen molar-refractivity contribution in [3.63, 3.8) is 0 Å². The molecule has 1 aliphatic carbocycles. The van der Waals surface area contributed by atoms with Gasteiger partial charge in [-0.2, -0.15) is 5.10 Å². The van der Waals surface area contributed by atoms with Crippen LogP contribution in [0.1, 0.15) is 48.4 Å². The van der Waals surface area contributed by atoms with Gasteiger partial charge in [0, 0.05) is 23.8 Å². The van der Waals surface area contributed by atoms with Crippen LogP contribution in [-0.4, -0.2) is 16.2 Å². The van der Waals surface area contributed by atoms with E-state index in [9.17, 15) is 0 Å². The van der Waals surface area contributed by atoms with Crippen LogP contribution in [0, 0.1) is 6.92 Å². The van der Waals surface area contributed by atoms with Gasteiger partial charge in [0.25, 0.3) is 0 Å². The molecule has 1 aromatic carbocycles. The van der Waals surface area contributed by atoms with E-state index in [1.807, 2.05) is 12.4 Å². The van der Waals surface area contributed by atoms with Crippen LogP contribution in [0.2, 0.25) is 0 Å². The Labute approximate surface area is 114 Å². The summed E-state index contributed by atoms with van der Waals surface area (Å²) in [5, 5.41) is 10.6. The number of nitrogens with one attached hydrogen (secondary N) is 2. The molecule has 3 rings (SSSR count). The SMILES string of the molecule is Cc1ccccc1C1CC(NC(C)c2cn[nH]c2)C1. The minimum Gasteiger partial charge on any atom is -0.307 e. The molecule has 1 atom stereocenters. The lowest BCUT2D eigenvalue weighted by Gasteiger charge is -2.38. The summed E-state index contributed by atoms with van der Waals surface area (Å²) in [5.74, 6) is 0.732. The lowest BCUT2D eigenvalue weighted by atomic mass is 9.74. The van der Waals surface area contributed by atoms with E-state index < -0.39 is 0 Å². The highest BCUT2D eigenvalue weighted by Gasteiger charge is 2.31. The molecule has 3 heteroatoms. The van der Waals surface area contributed by atoms with Gasteiger partial charge in [-0.3, -0.25) is 5.10 Å². The third-order valence-electron chi connectivity index (χ3n) is 4.27. The molecule has 1 aromatic heterocycles. The molecule has 0 radical (unpaired) electrons. The predicted octanol–water partition coefficient (Wildman–Crippen LogP) is 3.31. The summed E-state index contributed by atoms with van der Waals surface area (Å²) in [4.78, 5) is 0. The molecule has 0 aliphatic heterocycles. The average Bonchev–Trinajstić information content (AvgIpc) is 2.88. The zero-order valence-electron chi connectivity index (χ0n) is 11.6. The van der Waals surface area contributed by atoms with Gasteiger partial charge in [-0.15, -0.1) is 0 Å². The van der Waals surface area contributed by atoms with Crippen LogP contribution in [-0.2, 0) is 0 Å². The second-order valence-electron chi connectivity index (χ2n) is 5.64. The fraction of sp³-hybridized carbons (Fsp3) is 0.438. The van der Waals surface area contributed by atoms with Crippen LogP contribution in [0.4, 0.5) is 0 Å². The van der Waals surface area contributed by atoms with Gasteiger partial charge in [0.15, 0.2) is 0 Å². The first-order valence-corrected chi connectivity index (χ1v) is 7.04. The van der Waals surface area contributed by atoms with Gasteiger partial charge in [-0.1, -0.05) is 24.3 Å². The third kappa shape index (κ3) is 2.56. The largest absolute Gasteiger partial charge is 0.307 e. The Balaban J connectivity index is 1.55. The number of rotatable bonds is 4. The highest BCUT2D eigenvalue weighted by molar-refractivity contribution is 5.31. The van der Waals surface area contributed by atoms with E-state index >= 15 is 0 Å². The summed E-state index contributed by atoms with van der Waals surface area (Å²) >= 11 is 0. The Morgan fingerprint density at radius 3 is 2.79 bits per heavy atom. The fourth-order valence-electron chi connectivity index (χ4n) is 3.00. The van der Waals surface area contributed by atoms with E-state index in [1.54, 1.807) is 0 Å². The van der Waals surface area contributed by atoms with Gasteiger partial charge in [0.05, 0.1) is 6.20 Å². The van der Waals surface area contributed by atoms with Gasteiger partial charge in [-0.25, -0.2) is 0 Å². The minimum atomic E-state index is 0.376. The molecule has 1 unspecified atom stereocenters. The lowest BCUT2D eigenvalue weighted by molar-refractivity contribution is 0.270. The molecule has 0 saturated heterocycles. The van der Waals surface area contributed by atoms with Gasteiger partial charge in [-0.05, 0) is 43.7 Å². The first-order valence-electron chi connectivity index (χ1n) is 7.04. The molecule has 0 spiro atoms. The number of aromatic nitrogens is 2. The maximum Gasteiger partial charge on any atom is 0.0534 e. The molecular weight excluding hydrogens is 234 g/mol. The molecular formula is C16H21N3. The van der Waals surface area contributed by atoms with Crippen LogP contribution in [0.25, 0.3) is 0 Å². The van der Waals surface area contributed by atoms with Gasteiger partial charge in [0.1, 0.15) is 0 Å². The number of hydrogen-bond acceptors (Lipinski definition) is 2. The number of H-pyrrole nitrogens is 1. The fourth-order valence-corrected chi connectivity index (χ4v) is 3.00. The van der Waals surface area contributed by atoms with Crippen molar-refractivity contribution >= 4 is 0 Å². The topological polar surface area (TPSA) is 40.7 Å². The Kier molecular flexibility index (Phi) is 3.38. The molecule has 1 saturated carbocycles. The molecule has 100 valence electrons. The van der Waals surface area contributed by atoms with Crippen LogP contribution < -0.4 is 5.32 Å². The van der Waals surface area contributed by atoms with Crippen molar-refractivity contribution in [3.05, 3.63) is 53.3 Å². The third-order valence-corrected chi connectivity index (χ3v) is 4.27. The highest BCUT2D eigenvalue weighted by atomic mass is 15.1. The standard InChI is InChI=1S/C16H21N3/c1-11-5-3-4-6-16(11)13-7-15(8-13)19-12(2)14-9-17-18-10-14/h3-6,9-10,12-13,15,19H,7-8H2,1-2H3,(H,17,18). The summed E-state index contributed by atoms with van der Waals surface area (Å²) in [6, 6.07) is 9.77. The minimum absolute atomic E-state index is 0.376. The molecule has 1 heterocycles. The van der Waals surface area contributed by atoms with Crippen LogP contribution in [0.15, 0.2) is 36.7 Å². The maximum absolute atomic E-state index is 4.00. The van der Waals surface area contributed by atoms with Gasteiger partial charge < -0.3 is 5.32 Å². The number of benzene rings is 1. The maximum atomic E-state index is 4.00. The molecule has 1 fully saturated rings. The molecule has 0 bridgehead atoms. The zero-order chi connectivity index (χ0) is 13.2. The van der Waals surface area contributed by atoms with E-state index in [4.69, 9.17) is 0 Å². The van der Waals surface area contributed by atoms with Crippen LogP contribution in [0.5, 0.6) is 0 Å². The number of aryl methyl sites for hydroxylation is 1. The van der Waals surface area contributed by atoms with Crippen molar-refractivity contribution in [1.82, 2.24) is 15.5 Å². The Morgan fingerprint density at radius 2 is 2.11 bits per heavy atom. The van der Waals surface area contributed by atoms with Crippen molar-refractivity contribution in [2.24, 2.45) is 0 Å². The summed E-state index contributed by atoms with van der Waals surface area (Å²) in [7, 11) is 0. The molecule has 19 heavy (non-hydrogen) atoms. The monoisotopic (exact) mass is 255 g/mol. The van der Waals surface area contributed by atoms with E-state index in [0.29, 0.717) is 12.1 Å². The van der Waals surface area contributed by atoms with Crippen LogP contribution >= 0.6 is 0 Å². The average molecular weight is 255 g/mol. The molecule has 0 amide bonds. The van der Waals surface area contributed by atoms with Crippen molar-refractivity contribution in [2.75, 3.05) is 0 Å². The quantitative estimate of drug-likeness (QED) is 0.880. The van der Waals surface area contributed by atoms with E-state index in [0.717, 1.165) is 5.92 Å². The second-order valence-corrected chi connectivity index (χ2v) is 5.64. The van der Waals surface area contributed by atoms with Gasteiger partial charge in [0.2, 0.25) is 0 Å². The second kappa shape index (κ2) is 5.17. The first-order chi connectivity index (χ1) is 9.24. The summed E-state index contributed by atoms with van der Waals surface area (Å²) in [6.45, 7) is 4.41. The Hall–Kier alpha value is -1.61. The van der Waals surface area contributed by atoms with Crippen molar-refractivity contribution in [3.8, 4) is 0 Å². The lowest BCUT2D eigenvalue weighted by Crippen LogP contribution is -2.41. The van der Waals surface area contributed by atoms with Gasteiger partial charge >= 0.3 is 0 Å². The van der Waals surface area contributed by atoms with Crippen LogP contribution in [0.3, 0.4) is 0 Å². The smallest absolute Gasteiger partial charge is 0.0534 e. The normalized spacial score (nSPS) is 23.9. The first kappa shape index (κ1) is 12.4.